The third-order valence-corrected chi connectivity index (χ3v) is 3.54. The SMILES string of the molecule is COc1ccc(C(N)CC2CCCN2)c(OC)c1. The van der Waals surface area contributed by atoms with Gasteiger partial charge >= 0.3 is 0 Å². The van der Waals surface area contributed by atoms with Gasteiger partial charge < -0.3 is 20.5 Å². The van der Waals surface area contributed by atoms with Crippen LogP contribution in [0.5, 0.6) is 11.5 Å². The topological polar surface area (TPSA) is 56.5 Å². The number of nitrogens with two attached hydrogens (primary N) is 1. The van der Waals surface area contributed by atoms with Crippen LogP contribution in [0.4, 0.5) is 0 Å². The number of nitrogens with one attached hydrogen (secondary N) is 1. The number of methoxy groups -OCH3 is 2. The van der Waals surface area contributed by atoms with Crippen molar-refractivity contribution in [2.45, 2.75) is 31.3 Å². The van der Waals surface area contributed by atoms with E-state index in [9.17, 15) is 0 Å². The molecule has 0 radical (unpaired) electrons. The van der Waals surface area contributed by atoms with E-state index in [4.69, 9.17) is 15.2 Å². The fourth-order valence-electron chi connectivity index (χ4n) is 2.52. The molecule has 1 saturated heterocycles. The van der Waals surface area contributed by atoms with Gasteiger partial charge in [0.15, 0.2) is 0 Å². The molecule has 0 saturated carbocycles. The van der Waals surface area contributed by atoms with Gasteiger partial charge in [0.2, 0.25) is 0 Å². The molecular weight excluding hydrogens is 228 g/mol. The monoisotopic (exact) mass is 250 g/mol. The summed E-state index contributed by atoms with van der Waals surface area (Å²) in [6.45, 7) is 1.11. The van der Waals surface area contributed by atoms with Crippen LogP contribution in [-0.2, 0) is 0 Å². The summed E-state index contributed by atoms with van der Waals surface area (Å²) >= 11 is 0. The van der Waals surface area contributed by atoms with Gasteiger partial charge in [0.1, 0.15) is 11.5 Å². The predicted molar refractivity (Wildman–Crippen MR) is 72.1 cm³/mol. The molecule has 1 fully saturated rings. The Morgan fingerprint density at radius 3 is 2.83 bits per heavy atom. The van der Waals surface area contributed by atoms with Crippen LogP contribution in [0.15, 0.2) is 18.2 Å². The van der Waals surface area contributed by atoms with Crippen LogP contribution in [0, 0.1) is 0 Å². The molecule has 1 heterocycles. The van der Waals surface area contributed by atoms with Gasteiger partial charge in [-0.25, -0.2) is 0 Å². The van der Waals surface area contributed by atoms with Crippen molar-refractivity contribution in [3.63, 3.8) is 0 Å². The van der Waals surface area contributed by atoms with E-state index in [1.54, 1.807) is 14.2 Å². The average Bonchev–Trinajstić information content (AvgIpc) is 2.90. The lowest BCUT2D eigenvalue weighted by molar-refractivity contribution is 0.385. The van der Waals surface area contributed by atoms with E-state index in [2.05, 4.69) is 5.32 Å². The summed E-state index contributed by atoms with van der Waals surface area (Å²) in [6.07, 6.45) is 3.41. The van der Waals surface area contributed by atoms with E-state index in [0.717, 1.165) is 30.0 Å². The van der Waals surface area contributed by atoms with Crippen molar-refractivity contribution in [2.24, 2.45) is 5.73 Å². The van der Waals surface area contributed by atoms with Crippen molar-refractivity contribution in [2.75, 3.05) is 20.8 Å². The highest BCUT2D eigenvalue weighted by Crippen LogP contribution is 2.31. The van der Waals surface area contributed by atoms with Gasteiger partial charge in [-0.2, -0.15) is 0 Å². The summed E-state index contributed by atoms with van der Waals surface area (Å²) in [6, 6.07) is 6.35. The van der Waals surface area contributed by atoms with Crippen LogP contribution in [-0.4, -0.2) is 26.8 Å². The third kappa shape index (κ3) is 2.94. The number of ether oxygens (including phenoxy) is 2. The number of rotatable bonds is 5. The zero-order valence-corrected chi connectivity index (χ0v) is 11.1. The quantitative estimate of drug-likeness (QED) is 0.837. The number of benzene rings is 1. The van der Waals surface area contributed by atoms with Gasteiger partial charge in [0.05, 0.1) is 14.2 Å². The molecule has 3 N–H and O–H groups in total. The molecule has 1 aromatic carbocycles. The highest BCUT2D eigenvalue weighted by Gasteiger charge is 2.20. The molecule has 0 amide bonds. The largest absolute Gasteiger partial charge is 0.497 e. The van der Waals surface area contributed by atoms with E-state index in [1.807, 2.05) is 18.2 Å². The Kier molecular flexibility index (Phi) is 4.44. The zero-order chi connectivity index (χ0) is 13.0. The number of hydrogen-bond donors (Lipinski definition) is 2. The van der Waals surface area contributed by atoms with Crippen LogP contribution in [0.2, 0.25) is 0 Å². The Morgan fingerprint density at radius 1 is 1.39 bits per heavy atom. The zero-order valence-electron chi connectivity index (χ0n) is 11.1. The highest BCUT2D eigenvalue weighted by atomic mass is 16.5. The first kappa shape index (κ1) is 13.2. The molecule has 0 aromatic heterocycles. The molecule has 1 aromatic rings. The molecular formula is C14H22N2O2. The molecule has 2 unspecified atom stereocenters. The molecule has 4 nitrogen and oxygen atoms in total. The predicted octanol–water partition coefficient (Wildman–Crippen LogP) is 1.85. The molecule has 2 rings (SSSR count). The average molecular weight is 250 g/mol. The summed E-state index contributed by atoms with van der Waals surface area (Å²) in [5.74, 6) is 1.60. The molecule has 0 spiro atoms. The summed E-state index contributed by atoms with van der Waals surface area (Å²) in [5, 5.41) is 3.47. The molecule has 100 valence electrons. The van der Waals surface area contributed by atoms with Crippen LogP contribution >= 0.6 is 0 Å². The van der Waals surface area contributed by atoms with Crippen molar-refractivity contribution in [1.82, 2.24) is 5.32 Å². The molecule has 0 aliphatic carbocycles. The lowest BCUT2D eigenvalue weighted by Crippen LogP contribution is -2.27. The minimum absolute atomic E-state index is 0.00135. The van der Waals surface area contributed by atoms with Crippen LogP contribution in [0.1, 0.15) is 30.9 Å². The first-order valence-electron chi connectivity index (χ1n) is 6.45. The Labute approximate surface area is 108 Å². The fraction of sp³-hybridized carbons (Fsp3) is 0.571. The van der Waals surface area contributed by atoms with E-state index < -0.39 is 0 Å². The summed E-state index contributed by atoms with van der Waals surface area (Å²) in [7, 11) is 3.32. The van der Waals surface area contributed by atoms with Crippen LogP contribution in [0.3, 0.4) is 0 Å². The maximum atomic E-state index is 6.28. The van der Waals surface area contributed by atoms with E-state index in [1.165, 1.54) is 12.8 Å². The van der Waals surface area contributed by atoms with E-state index in [-0.39, 0.29) is 6.04 Å². The smallest absolute Gasteiger partial charge is 0.127 e. The minimum atomic E-state index is 0.00135. The fourth-order valence-corrected chi connectivity index (χ4v) is 2.52. The van der Waals surface area contributed by atoms with Gasteiger partial charge in [0.25, 0.3) is 0 Å². The molecule has 0 bridgehead atoms. The van der Waals surface area contributed by atoms with Gasteiger partial charge in [-0.15, -0.1) is 0 Å². The van der Waals surface area contributed by atoms with Crippen molar-refractivity contribution in [1.29, 1.82) is 0 Å². The highest BCUT2D eigenvalue weighted by molar-refractivity contribution is 5.42. The lowest BCUT2D eigenvalue weighted by atomic mass is 9.98. The van der Waals surface area contributed by atoms with Gasteiger partial charge in [-0.05, 0) is 31.9 Å². The molecule has 4 heteroatoms. The van der Waals surface area contributed by atoms with Crippen molar-refractivity contribution >= 4 is 0 Å². The number of hydrogen-bond acceptors (Lipinski definition) is 4. The summed E-state index contributed by atoms with van der Waals surface area (Å²) in [4.78, 5) is 0. The maximum absolute atomic E-state index is 6.28. The standard InChI is InChI=1S/C14H22N2O2/c1-17-11-5-6-12(14(9-11)18-2)13(15)8-10-4-3-7-16-10/h5-6,9-10,13,16H,3-4,7-8,15H2,1-2H3. The molecule has 18 heavy (non-hydrogen) atoms. The maximum Gasteiger partial charge on any atom is 0.127 e. The van der Waals surface area contributed by atoms with Crippen molar-refractivity contribution < 1.29 is 9.47 Å². The third-order valence-electron chi connectivity index (χ3n) is 3.54. The van der Waals surface area contributed by atoms with E-state index in [0.29, 0.717) is 6.04 Å². The Hall–Kier alpha value is -1.26. The molecule has 2 atom stereocenters. The second kappa shape index (κ2) is 6.07. The van der Waals surface area contributed by atoms with Gasteiger partial charge in [0, 0.05) is 23.7 Å². The van der Waals surface area contributed by atoms with Gasteiger partial charge in [-0.3, -0.25) is 0 Å². The lowest BCUT2D eigenvalue weighted by Gasteiger charge is -2.19. The van der Waals surface area contributed by atoms with Crippen LogP contribution < -0.4 is 20.5 Å². The molecule has 1 aliphatic rings. The minimum Gasteiger partial charge on any atom is -0.497 e. The van der Waals surface area contributed by atoms with Gasteiger partial charge in [-0.1, -0.05) is 6.07 Å². The Morgan fingerprint density at radius 2 is 2.22 bits per heavy atom. The van der Waals surface area contributed by atoms with Crippen LogP contribution in [0.25, 0.3) is 0 Å². The van der Waals surface area contributed by atoms with E-state index >= 15 is 0 Å². The molecule has 1 aliphatic heterocycles. The summed E-state index contributed by atoms with van der Waals surface area (Å²) < 4.78 is 10.6. The normalized spacial score (nSPS) is 20.7. The summed E-state index contributed by atoms with van der Waals surface area (Å²) in [5.41, 5.74) is 7.33. The first-order valence-corrected chi connectivity index (χ1v) is 6.45. The van der Waals surface area contributed by atoms with Crippen molar-refractivity contribution in [3.8, 4) is 11.5 Å². The second-order valence-corrected chi connectivity index (χ2v) is 4.74. The first-order chi connectivity index (χ1) is 8.74. The van der Waals surface area contributed by atoms with Crippen molar-refractivity contribution in [3.05, 3.63) is 23.8 Å². The second-order valence-electron chi connectivity index (χ2n) is 4.74. The Bertz CT molecular complexity index is 389. The Balaban J connectivity index is 2.10.